The molecular weight excluding hydrogens is 872 g/mol. The molecule has 2 aromatic heterocycles. The molecule has 0 atom stereocenters. The number of hydrogen-bond donors (Lipinski definition) is 2. The van der Waals surface area contributed by atoms with Crippen LogP contribution in [0, 0.1) is 13.8 Å². The van der Waals surface area contributed by atoms with E-state index in [4.69, 9.17) is 9.97 Å². The van der Waals surface area contributed by atoms with Gasteiger partial charge in [-0.1, -0.05) is 36.4 Å². The first-order valence-electron chi connectivity index (χ1n) is 21.1. The number of aryl methyl sites for hydroxylation is 2. The lowest BCUT2D eigenvalue weighted by molar-refractivity contribution is -0.143. The molecule has 0 unspecified atom stereocenters. The van der Waals surface area contributed by atoms with Gasteiger partial charge in [0.2, 0.25) is 0 Å². The highest BCUT2D eigenvalue weighted by molar-refractivity contribution is 5.97. The third-order valence-corrected chi connectivity index (χ3v) is 11.1. The molecule has 7 rings (SSSR count). The first-order chi connectivity index (χ1) is 31.1. The minimum Gasteiger partial charge on any atom is -0.369 e. The fraction of sp³-hybridized carbons (Fsp3) is 0.306. The van der Waals surface area contributed by atoms with Crippen molar-refractivity contribution in [2.24, 2.45) is 0 Å². The molecule has 346 valence electrons. The summed E-state index contributed by atoms with van der Waals surface area (Å²) in [6.45, 7) is 6.02. The van der Waals surface area contributed by atoms with Crippen LogP contribution >= 0.6 is 0 Å². The van der Waals surface area contributed by atoms with Gasteiger partial charge in [0, 0.05) is 35.0 Å². The van der Waals surface area contributed by atoms with Crippen molar-refractivity contribution in [3.63, 3.8) is 0 Å². The number of fused-ring (bicyclic) bond motifs is 2. The topological polar surface area (TPSA) is 82.1 Å². The molecule has 2 heterocycles. The van der Waals surface area contributed by atoms with Gasteiger partial charge in [0.1, 0.15) is 11.6 Å². The van der Waals surface area contributed by atoms with Gasteiger partial charge in [0.15, 0.2) is 11.6 Å². The van der Waals surface area contributed by atoms with E-state index >= 15 is 0 Å². The summed E-state index contributed by atoms with van der Waals surface area (Å²) in [6.07, 6.45) is -13.5. The lowest BCUT2D eigenvalue weighted by Crippen LogP contribution is -2.17. The van der Waals surface area contributed by atoms with Crippen LogP contribution in [0.2, 0.25) is 0 Å². The Morgan fingerprint density at radius 2 is 0.924 bits per heavy atom. The van der Waals surface area contributed by atoms with Crippen molar-refractivity contribution >= 4 is 33.4 Å². The molecule has 0 radical (unpaired) electrons. The van der Waals surface area contributed by atoms with Gasteiger partial charge in [-0.25, -0.2) is 19.9 Å². The maximum atomic E-state index is 14.7. The maximum absolute atomic E-state index is 14.7. The predicted molar refractivity (Wildman–Crippen MR) is 242 cm³/mol. The molecule has 0 fully saturated rings. The maximum Gasteiger partial charge on any atom is 0.416 e. The Labute approximate surface area is 375 Å². The average molecular weight is 919 g/mol. The number of hydrogen-bond acceptors (Lipinski definition) is 8. The van der Waals surface area contributed by atoms with E-state index in [0.717, 1.165) is 36.0 Å². The molecule has 0 bridgehead atoms. The Bertz CT molecular complexity index is 2860. The van der Waals surface area contributed by atoms with Crippen molar-refractivity contribution in [3.8, 4) is 45.0 Å². The third-order valence-electron chi connectivity index (χ3n) is 11.1. The highest BCUT2D eigenvalue weighted by Crippen LogP contribution is 2.41. The first-order valence-corrected chi connectivity index (χ1v) is 21.1. The van der Waals surface area contributed by atoms with E-state index in [1.165, 1.54) is 0 Å². The van der Waals surface area contributed by atoms with E-state index < -0.39 is 40.8 Å². The smallest absolute Gasteiger partial charge is 0.369 e. The monoisotopic (exact) mass is 918 g/mol. The van der Waals surface area contributed by atoms with E-state index in [2.05, 4.69) is 20.6 Å². The zero-order valence-corrected chi connectivity index (χ0v) is 37.0. The van der Waals surface area contributed by atoms with Gasteiger partial charge in [-0.05, 0) is 156 Å². The number of aromatic nitrogens is 4. The predicted octanol–water partition coefficient (Wildman–Crippen LogP) is 12.6. The summed E-state index contributed by atoms with van der Waals surface area (Å²) in [7, 11) is 7.70. The van der Waals surface area contributed by atoms with Gasteiger partial charge in [-0.3, -0.25) is 0 Å². The summed E-state index contributed by atoms with van der Waals surface area (Å²) in [5, 5.41) is 7.76. The number of para-hydroxylation sites is 1. The van der Waals surface area contributed by atoms with Crippen LogP contribution < -0.4 is 10.6 Å². The molecule has 17 heteroatoms. The molecule has 0 saturated carbocycles. The second kappa shape index (κ2) is 18.9. The average Bonchev–Trinajstić information content (AvgIpc) is 3.25. The minimum absolute atomic E-state index is 0.0491. The van der Waals surface area contributed by atoms with Gasteiger partial charge in [0.05, 0.1) is 27.7 Å². The Hall–Kier alpha value is -6.33. The lowest BCUT2D eigenvalue weighted by atomic mass is 9.93. The Morgan fingerprint density at radius 1 is 0.470 bits per heavy atom. The molecule has 2 N–H and O–H groups in total. The van der Waals surface area contributed by atoms with Crippen molar-refractivity contribution in [2.75, 3.05) is 65.0 Å². The first kappa shape index (κ1) is 47.6. The van der Waals surface area contributed by atoms with Crippen molar-refractivity contribution in [1.82, 2.24) is 29.7 Å². The molecule has 7 aromatic rings. The van der Waals surface area contributed by atoms with E-state index in [9.17, 15) is 39.5 Å². The van der Waals surface area contributed by atoms with Gasteiger partial charge in [0.25, 0.3) is 0 Å². The van der Waals surface area contributed by atoms with Crippen molar-refractivity contribution in [2.45, 2.75) is 45.2 Å². The quantitative estimate of drug-likeness (QED) is 0.0825. The van der Waals surface area contributed by atoms with Crippen LogP contribution in [0.3, 0.4) is 0 Å². The van der Waals surface area contributed by atoms with Crippen molar-refractivity contribution in [1.29, 1.82) is 0 Å². The standard InChI is InChI=1S/C49H47F9N8/c1-28-11-7-14-39-41(28)61-43(63-45(39)59-17-9-19-65(3)4)33-22-32(23-35(24-33)47(50,51)52)30-12-8-13-31(21-30)38-15-16-40-42(29(38)2)62-44(64-46(40)60-18-10-20-66(5)6)34-25-36(48(53,54)55)27-37(26-34)49(56,57)58/h7-8,11-16,21-27H,9-10,17-20H2,1-6H3,(H,59,61,63)(H,60,62,64). The molecular formula is C49H47F9N8. The second-order valence-electron chi connectivity index (χ2n) is 16.7. The second-order valence-corrected chi connectivity index (χ2v) is 16.7. The SMILES string of the molecule is Cc1cccc2c(NCCCN(C)C)nc(-c3cc(-c4cccc(-c5ccc6c(NCCCN(C)C)nc(-c7cc(C(F)(F)F)cc(C(F)(F)F)c7)nc6c5C)c4)cc(C(F)(F)F)c3)nc12. The number of anilines is 2. The molecule has 66 heavy (non-hydrogen) atoms. The number of nitrogens with one attached hydrogen (secondary N) is 2. The molecule has 5 aromatic carbocycles. The van der Waals surface area contributed by atoms with E-state index in [1.807, 2.05) is 63.1 Å². The van der Waals surface area contributed by atoms with E-state index in [-0.39, 0.29) is 40.2 Å². The largest absolute Gasteiger partial charge is 0.416 e. The number of rotatable bonds is 14. The van der Waals surface area contributed by atoms with Crippen LogP contribution in [0.15, 0.2) is 91.0 Å². The van der Waals surface area contributed by atoms with Crippen LogP contribution in [0.1, 0.15) is 40.7 Å². The van der Waals surface area contributed by atoms with Crippen molar-refractivity contribution in [3.05, 3.63) is 119 Å². The van der Waals surface area contributed by atoms with Crippen LogP contribution in [-0.2, 0) is 18.5 Å². The van der Waals surface area contributed by atoms with Crippen LogP contribution in [0.25, 0.3) is 66.8 Å². The van der Waals surface area contributed by atoms with Crippen LogP contribution in [0.5, 0.6) is 0 Å². The van der Waals surface area contributed by atoms with Crippen molar-refractivity contribution < 1.29 is 39.5 Å². The fourth-order valence-electron chi connectivity index (χ4n) is 7.71. The summed E-state index contributed by atoms with van der Waals surface area (Å²) < 4.78 is 128. The summed E-state index contributed by atoms with van der Waals surface area (Å²) in [4.78, 5) is 22.6. The molecule has 0 amide bonds. The van der Waals surface area contributed by atoms with Gasteiger partial charge < -0.3 is 20.4 Å². The number of benzene rings is 5. The third kappa shape index (κ3) is 10.8. The van der Waals surface area contributed by atoms with Gasteiger partial charge >= 0.3 is 18.5 Å². The fourth-order valence-corrected chi connectivity index (χ4v) is 7.71. The Balaban J connectivity index is 1.35. The molecule has 0 spiro atoms. The minimum atomic E-state index is -5.10. The summed E-state index contributed by atoms with van der Waals surface area (Å²) >= 11 is 0. The molecule has 0 saturated heterocycles. The van der Waals surface area contributed by atoms with Gasteiger partial charge in [-0.2, -0.15) is 39.5 Å². The Kier molecular flexibility index (Phi) is 13.6. The zero-order chi connectivity index (χ0) is 47.7. The molecule has 8 nitrogen and oxygen atoms in total. The Morgan fingerprint density at radius 3 is 1.47 bits per heavy atom. The lowest BCUT2D eigenvalue weighted by Gasteiger charge is -2.18. The van der Waals surface area contributed by atoms with Crippen LogP contribution in [0.4, 0.5) is 51.1 Å². The molecule has 0 aliphatic heterocycles. The number of halogens is 9. The summed E-state index contributed by atoms with van der Waals surface area (Å²) in [5.74, 6) is 0.443. The van der Waals surface area contributed by atoms with E-state index in [0.29, 0.717) is 77.2 Å². The number of alkyl halides is 9. The normalized spacial score (nSPS) is 12.5. The van der Waals surface area contributed by atoms with E-state index in [1.54, 1.807) is 49.4 Å². The highest BCUT2D eigenvalue weighted by atomic mass is 19.4. The summed E-state index contributed by atoms with van der Waals surface area (Å²) in [5.41, 5.74) is -0.309. The van der Waals surface area contributed by atoms with Crippen LogP contribution in [-0.4, -0.2) is 84.1 Å². The molecule has 0 aliphatic rings. The highest BCUT2D eigenvalue weighted by Gasteiger charge is 2.37. The zero-order valence-electron chi connectivity index (χ0n) is 37.0. The molecule has 0 aliphatic carbocycles. The summed E-state index contributed by atoms with van der Waals surface area (Å²) in [6, 6.07) is 20.8. The van der Waals surface area contributed by atoms with Gasteiger partial charge in [-0.15, -0.1) is 0 Å². The number of nitrogens with zero attached hydrogens (tertiary/aromatic N) is 6.